The maximum atomic E-state index is 8.49. The van der Waals surface area contributed by atoms with Crippen LogP contribution in [-0.4, -0.2) is 120 Å². The van der Waals surface area contributed by atoms with Gasteiger partial charge in [-0.15, -0.1) is 20.5 Å². The van der Waals surface area contributed by atoms with Gasteiger partial charge >= 0.3 is 33.6 Å². The predicted molar refractivity (Wildman–Crippen MR) is 177 cm³/mol. The molecule has 0 fully saturated rings. The van der Waals surface area contributed by atoms with Gasteiger partial charge in [-0.2, -0.15) is 30.6 Å². The Morgan fingerprint density at radius 2 is 0.484 bits per heavy atom. The van der Waals surface area contributed by atoms with Gasteiger partial charge < -0.3 is 30.0 Å². The number of aromatic nitrogens is 12. The Morgan fingerprint density at radius 1 is 0.359 bits per heavy atom. The standard InChI is InChI=1S/2C15H21N7.2CH2O3.2ClHO4.2Co/c2*1-4-16-20(7-1)13-10-19(11-14-21-8-2-5-17-21)12-15-22-9-3-6-18-22;2*2-1(3)4;2*2-1(3,4)5;;/h2*1-9H,10-15H2;2*(H2,2,3,4);2*(H,2,3,4,5);;/q;;;;;;2*+3/p-6. The van der Waals surface area contributed by atoms with Gasteiger partial charge in [0.1, 0.15) is 0 Å². The molecule has 6 rings (SSSR count). The van der Waals surface area contributed by atoms with E-state index in [0.29, 0.717) is 0 Å². The van der Waals surface area contributed by atoms with Gasteiger partial charge in [-0.05, 0) is 48.7 Å². The molecule has 0 saturated heterocycles. The van der Waals surface area contributed by atoms with Crippen molar-refractivity contribution in [1.29, 1.82) is 0 Å². The molecule has 0 spiro atoms. The first-order chi connectivity index (χ1) is 29.3. The van der Waals surface area contributed by atoms with Gasteiger partial charge in [-0.3, -0.25) is 37.9 Å². The van der Waals surface area contributed by atoms with Crippen LogP contribution in [0.25, 0.3) is 0 Å². The fourth-order valence-corrected chi connectivity index (χ4v) is 4.73. The average molecular weight is 1040 g/mol. The van der Waals surface area contributed by atoms with Crippen molar-refractivity contribution in [1.82, 2.24) is 68.5 Å². The van der Waals surface area contributed by atoms with E-state index in [9.17, 15) is 0 Å². The predicted octanol–water partition coefficient (Wildman–Crippen LogP) is -12.5. The van der Waals surface area contributed by atoms with Crippen LogP contribution in [-0.2, 0) is 72.8 Å². The Bertz CT molecular complexity index is 1570. The summed E-state index contributed by atoms with van der Waals surface area (Å²) < 4.78 is 79.7. The second-order valence-electron chi connectivity index (χ2n) is 11.6. The summed E-state index contributed by atoms with van der Waals surface area (Å²) in [5.41, 5.74) is 0. The number of nitrogens with zero attached hydrogens (tertiary/aromatic N) is 14. The molecule has 32 heteroatoms. The van der Waals surface area contributed by atoms with Crippen LogP contribution in [0.3, 0.4) is 0 Å². The summed E-state index contributed by atoms with van der Waals surface area (Å²) in [5, 5.41) is 58.9. The summed E-state index contributed by atoms with van der Waals surface area (Å²) in [5.74, 6) is 0. The molecule has 0 atom stereocenters. The molecule has 0 aromatic carbocycles. The van der Waals surface area contributed by atoms with Crippen LogP contribution in [0, 0.1) is 20.5 Å². The molecule has 6 aromatic rings. The van der Waals surface area contributed by atoms with Crippen LogP contribution >= 0.6 is 0 Å². The van der Waals surface area contributed by atoms with E-state index in [0.717, 1.165) is 78.5 Å². The van der Waals surface area contributed by atoms with E-state index < -0.39 is 32.8 Å². The molecule has 6 heterocycles. The molecule has 356 valence electrons. The monoisotopic (exact) mass is 1030 g/mol. The van der Waals surface area contributed by atoms with Crippen molar-refractivity contribution in [2.75, 3.05) is 39.3 Å². The molecule has 0 saturated carbocycles. The fraction of sp³-hybridized carbons (Fsp3) is 0.375. The zero-order chi connectivity index (χ0) is 46.2. The van der Waals surface area contributed by atoms with E-state index in [1.165, 1.54) is 0 Å². The molecule has 64 heavy (non-hydrogen) atoms. The molecule has 0 N–H and O–H groups in total. The van der Waals surface area contributed by atoms with Gasteiger partial charge in [0.05, 0.1) is 39.3 Å². The van der Waals surface area contributed by atoms with Crippen LogP contribution in [0.4, 0.5) is 9.59 Å². The molecule has 0 aliphatic carbocycles. The number of rotatable bonds is 18. The van der Waals surface area contributed by atoms with Crippen LogP contribution in [0.2, 0.25) is 0 Å². The van der Waals surface area contributed by atoms with E-state index in [4.69, 9.17) is 67.3 Å². The second kappa shape index (κ2) is 35.4. The van der Waals surface area contributed by atoms with E-state index in [2.05, 4.69) is 40.4 Å². The third-order valence-electron chi connectivity index (χ3n) is 7.23. The third kappa shape index (κ3) is 39.8. The zero-order valence-electron chi connectivity index (χ0n) is 33.3. The molecule has 0 bridgehead atoms. The summed E-state index contributed by atoms with van der Waals surface area (Å²) in [7, 11) is -9.89. The van der Waals surface area contributed by atoms with Gasteiger partial charge in [-0.1, -0.05) is 0 Å². The number of halogens is 2. The van der Waals surface area contributed by atoms with Crippen molar-refractivity contribution in [3.05, 3.63) is 111 Å². The summed E-state index contributed by atoms with van der Waals surface area (Å²) in [6.45, 7) is 11.1. The molecule has 0 unspecified atom stereocenters. The Kier molecular flexibility index (Phi) is 33.7. The van der Waals surface area contributed by atoms with Crippen molar-refractivity contribution in [2.24, 2.45) is 0 Å². The summed E-state index contributed by atoms with van der Waals surface area (Å²) in [6, 6.07) is 11.7. The van der Waals surface area contributed by atoms with Gasteiger partial charge in [0.25, 0.3) is 0 Å². The van der Waals surface area contributed by atoms with Crippen LogP contribution < -0.4 is 57.7 Å². The SMILES string of the molecule is O=C([O-])[O-].O=C([O-])[O-].[Co+3].[Co+3].[O-][Cl+3]([O-])([O-])[O-].[O-][Cl+3]([O-])([O-])[O-].c1cnn(CCN(CCn2cccn2)CCn2cccn2)c1.c1cnn(CCN(CCn2cccn2)CCn2cccn2)c1. The quantitative estimate of drug-likeness (QED) is 0.0771. The smallest absolute Gasteiger partial charge is 0.652 e. The molecule has 0 radical (unpaired) electrons. The molecule has 0 amide bonds. The van der Waals surface area contributed by atoms with Crippen LogP contribution in [0.1, 0.15) is 0 Å². The minimum absolute atomic E-state index is 0. The largest absolute Gasteiger partial charge is 3.00 e. The molecule has 0 aliphatic heterocycles. The zero-order valence-corrected chi connectivity index (χ0v) is 36.9. The first-order valence-corrected chi connectivity index (χ1v) is 20.0. The van der Waals surface area contributed by atoms with E-state index >= 15 is 0 Å². The van der Waals surface area contributed by atoms with Gasteiger partial charge in [0.2, 0.25) is 0 Å². The number of carboxylic acid groups (broad SMARTS) is 4. The first-order valence-electron chi connectivity index (χ1n) is 17.6. The summed E-state index contributed by atoms with van der Waals surface area (Å²) >= 11 is 0. The van der Waals surface area contributed by atoms with Crippen LogP contribution in [0.5, 0.6) is 0 Å². The van der Waals surface area contributed by atoms with E-state index in [1.54, 1.807) is 0 Å². The third-order valence-corrected chi connectivity index (χ3v) is 7.23. The molecule has 6 aromatic heterocycles. The molecular formula is C32H42Cl2Co2N14O14. The molecule has 0 aliphatic rings. The summed E-state index contributed by atoms with van der Waals surface area (Å²) in [6.07, 6.45) is 18.2. The van der Waals surface area contributed by atoms with Crippen LogP contribution in [0.15, 0.2) is 111 Å². The Labute approximate surface area is 389 Å². The Morgan fingerprint density at radius 3 is 0.578 bits per heavy atom. The van der Waals surface area contributed by atoms with E-state index in [1.807, 2.05) is 139 Å². The van der Waals surface area contributed by atoms with Crippen molar-refractivity contribution < 1.29 is 121 Å². The first kappa shape index (κ1) is 61.1. The van der Waals surface area contributed by atoms with Gasteiger partial charge in [0, 0.05) is 114 Å². The normalized spacial score (nSPS) is 10.4. The van der Waals surface area contributed by atoms with Gasteiger partial charge in [-0.25, -0.2) is 37.3 Å². The molecule has 28 nitrogen and oxygen atoms in total. The number of hydrogen-bond donors (Lipinski definition) is 0. The maximum Gasteiger partial charge on any atom is 3.00 e. The fourth-order valence-electron chi connectivity index (χ4n) is 4.73. The van der Waals surface area contributed by atoms with E-state index in [-0.39, 0.29) is 33.6 Å². The van der Waals surface area contributed by atoms with Crippen molar-refractivity contribution >= 4 is 12.3 Å². The number of carbonyl (C=O) groups is 2. The summed E-state index contributed by atoms with van der Waals surface area (Å²) in [4.78, 5) is 21.5. The Hall–Kier alpha value is -5.01. The average Bonchev–Trinajstić information content (AvgIpc) is 4.03. The van der Waals surface area contributed by atoms with Crippen molar-refractivity contribution in [2.45, 2.75) is 39.3 Å². The van der Waals surface area contributed by atoms with Gasteiger partial charge in [0.15, 0.2) is 0 Å². The minimum atomic E-state index is -4.94. The number of carbonyl (C=O) groups excluding carboxylic acids is 2. The van der Waals surface area contributed by atoms with Crippen molar-refractivity contribution in [3.8, 4) is 0 Å². The Balaban J connectivity index is 0. The second-order valence-corrected chi connectivity index (χ2v) is 13.1. The topological polar surface area (TPSA) is 424 Å². The number of hydrogen-bond acceptors (Lipinski definition) is 22. The molecular weight excluding hydrogens is 993 g/mol. The van der Waals surface area contributed by atoms with Crippen molar-refractivity contribution in [3.63, 3.8) is 0 Å². The minimum Gasteiger partial charge on any atom is -0.652 e. The maximum absolute atomic E-state index is 8.49.